The average molecular weight is 405 g/mol. The number of carbonyl (C=O) groups is 3. The first-order chi connectivity index (χ1) is 13.7. The van der Waals surface area contributed by atoms with E-state index in [1.165, 1.54) is 0 Å². The van der Waals surface area contributed by atoms with Gasteiger partial charge in [0.2, 0.25) is 0 Å². The molecule has 0 fully saturated rings. The summed E-state index contributed by atoms with van der Waals surface area (Å²) in [6, 6.07) is 9.94. The zero-order chi connectivity index (χ0) is 21.7. The number of rotatable bonds is 9. The number of alkyl carbamates (subject to hydrolysis) is 2. The minimum absolute atomic E-state index is 0.149. The normalized spacial score (nSPS) is 11.5. The van der Waals surface area contributed by atoms with Crippen molar-refractivity contribution in [2.45, 2.75) is 51.9 Å². The fourth-order valence-electron chi connectivity index (χ4n) is 2.17. The molecule has 0 spiro atoms. The number of amides is 2. The summed E-state index contributed by atoms with van der Waals surface area (Å²) in [6.07, 6.45) is -0.811. The van der Waals surface area contributed by atoms with E-state index >= 15 is 0 Å². The monoisotopic (exact) mass is 405 g/mol. The van der Waals surface area contributed by atoms with Gasteiger partial charge in [-0.05, 0) is 39.2 Å². The number of benzene rings is 1. The van der Waals surface area contributed by atoms with Crippen LogP contribution in [0, 0.1) is 11.3 Å². The van der Waals surface area contributed by atoms with E-state index in [4.69, 9.17) is 19.5 Å². The molecule has 2 N–H and O–H groups in total. The highest BCUT2D eigenvalue weighted by Gasteiger charge is 2.25. The molecule has 158 valence electrons. The molecule has 29 heavy (non-hydrogen) atoms. The first-order valence-corrected chi connectivity index (χ1v) is 9.19. The van der Waals surface area contributed by atoms with E-state index in [1.54, 1.807) is 26.8 Å². The standard InChI is InChI=1S/C20H27N3O6/c1-20(2,3)29-19(26)23-16(17(24)27-13-11-21)10-7-12-22-18(25)28-14-15-8-5-4-6-9-15/h4-6,8-9,16H,7,10,12-14H2,1-3H3,(H,22,25)(H,23,26). The van der Waals surface area contributed by atoms with Crippen molar-refractivity contribution in [2.75, 3.05) is 13.2 Å². The van der Waals surface area contributed by atoms with Gasteiger partial charge in [0.1, 0.15) is 24.3 Å². The van der Waals surface area contributed by atoms with Gasteiger partial charge in [-0.3, -0.25) is 0 Å². The van der Waals surface area contributed by atoms with E-state index in [9.17, 15) is 14.4 Å². The van der Waals surface area contributed by atoms with Crippen LogP contribution in [0.4, 0.5) is 9.59 Å². The third-order valence-corrected chi connectivity index (χ3v) is 3.41. The second-order valence-electron chi connectivity index (χ2n) is 7.10. The van der Waals surface area contributed by atoms with E-state index in [-0.39, 0.29) is 19.6 Å². The molecule has 1 aromatic rings. The maximum absolute atomic E-state index is 12.0. The molecule has 0 radical (unpaired) electrons. The van der Waals surface area contributed by atoms with Crippen LogP contribution < -0.4 is 10.6 Å². The smallest absolute Gasteiger partial charge is 0.408 e. The van der Waals surface area contributed by atoms with Crippen LogP contribution in [0.25, 0.3) is 0 Å². The van der Waals surface area contributed by atoms with Crippen LogP contribution in [0.15, 0.2) is 30.3 Å². The fourth-order valence-corrected chi connectivity index (χ4v) is 2.17. The lowest BCUT2D eigenvalue weighted by molar-refractivity contribution is -0.144. The van der Waals surface area contributed by atoms with Gasteiger partial charge >= 0.3 is 18.2 Å². The van der Waals surface area contributed by atoms with Crippen molar-refractivity contribution in [2.24, 2.45) is 0 Å². The quantitative estimate of drug-likeness (QED) is 0.367. The highest BCUT2D eigenvalue weighted by atomic mass is 16.6. The number of esters is 1. The number of hydrogen-bond donors (Lipinski definition) is 2. The number of nitriles is 1. The van der Waals surface area contributed by atoms with Gasteiger partial charge in [0.15, 0.2) is 6.61 Å². The minimum Gasteiger partial charge on any atom is -0.449 e. The van der Waals surface area contributed by atoms with Crippen LogP contribution in [0.5, 0.6) is 0 Å². The Morgan fingerprint density at radius 3 is 2.41 bits per heavy atom. The van der Waals surface area contributed by atoms with E-state index in [0.29, 0.717) is 6.42 Å². The maximum atomic E-state index is 12.0. The van der Waals surface area contributed by atoms with E-state index < -0.39 is 36.4 Å². The summed E-state index contributed by atoms with van der Waals surface area (Å²) >= 11 is 0. The number of nitrogens with zero attached hydrogens (tertiary/aromatic N) is 1. The van der Waals surface area contributed by atoms with Crippen molar-refractivity contribution in [3.05, 3.63) is 35.9 Å². The van der Waals surface area contributed by atoms with E-state index in [1.807, 2.05) is 30.3 Å². The second-order valence-corrected chi connectivity index (χ2v) is 7.10. The molecule has 0 saturated heterocycles. The zero-order valence-corrected chi connectivity index (χ0v) is 16.9. The van der Waals surface area contributed by atoms with Crippen LogP contribution in [0.3, 0.4) is 0 Å². The summed E-state index contributed by atoms with van der Waals surface area (Å²) in [5.41, 5.74) is 0.138. The van der Waals surface area contributed by atoms with Crippen molar-refractivity contribution < 1.29 is 28.6 Å². The van der Waals surface area contributed by atoms with Gasteiger partial charge in [-0.1, -0.05) is 30.3 Å². The van der Waals surface area contributed by atoms with Crippen molar-refractivity contribution in [3.8, 4) is 6.07 Å². The van der Waals surface area contributed by atoms with Gasteiger partial charge in [-0.25, -0.2) is 14.4 Å². The molecule has 1 rings (SSSR count). The molecule has 0 saturated carbocycles. The molecule has 0 aliphatic carbocycles. The summed E-state index contributed by atoms with van der Waals surface area (Å²) < 4.78 is 15.0. The summed E-state index contributed by atoms with van der Waals surface area (Å²) in [4.78, 5) is 35.7. The molecule has 1 unspecified atom stereocenters. The number of nitrogens with one attached hydrogen (secondary N) is 2. The van der Waals surface area contributed by atoms with Crippen LogP contribution in [0.1, 0.15) is 39.2 Å². The highest BCUT2D eigenvalue weighted by Crippen LogP contribution is 2.08. The Morgan fingerprint density at radius 2 is 1.79 bits per heavy atom. The molecule has 9 heteroatoms. The molecule has 0 aliphatic rings. The Kier molecular flexibility index (Phi) is 10.0. The van der Waals surface area contributed by atoms with E-state index in [0.717, 1.165) is 5.56 Å². The molecule has 0 bridgehead atoms. The highest BCUT2D eigenvalue weighted by molar-refractivity contribution is 5.81. The van der Waals surface area contributed by atoms with Crippen LogP contribution in [0.2, 0.25) is 0 Å². The predicted molar refractivity (Wildman–Crippen MR) is 104 cm³/mol. The number of carbonyl (C=O) groups excluding carboxylic acids is 3. The summed E-state index contributed by atoms with van der Waals surface area (Å²) in [6.45, 7) is 5.04. The molecule has 1 aromatic carbocycles. The topological polar surface area (TPSA) is 127 Å². The van der Waals surface area contributed by atoms with Crippen molar-refractivity contribution in [1.29, 1.82) is 5.26 Å². The molecule has 9 nitrogen and oxygen atoms in total. The van der Waals surface area contributed by atoms with Gasteiger partial charge in [0.05, 0.1) is 0 Å². The molecule has 2 amide bonds. The summed E-state index contributed by atoms with van der Waals surface area (Å²) in [7, 11) is 0. The molecular formula is C20H27N3O6. The van der Waals surface area contributed by atoms with Crippen LogP contribution in [-0.4, -0.2) is 43.0 Å². The van der Waals surface area contributed by atoms with Gasteiger partial charge in [-0.15, -0.1) is 0 Å². The van der Waals surface area contributed by atoms with Crippen LogP contribution in [-0.2, 0) is 25.6 Å². The Labute approximate surface area is 170 Å². The lowest BCUT2D eigenvalue weighted by Crippen LogP contribution is -2.44. The molecule has 0 aromatic heterocycles. The van der Waals surface area contributed by atoms with Crippen molar-refractivity contribution in [3.63, 3.8) is 0 Å². The van der Waals surface area contributed by atoms with E-state index in [2.05, 4.69) is 10.6 Å². The van der Waals surface area contributed by atoms with Gasteiger partial charge in [-0.2, -0.15) is 5.26 Å². The lowest BCUT2D eigenvalue weighted by Gasteiger charge is -2.22. The predicted octanol–water partition coefficient (Wildman–Crippen LogP) is 2.65. The lowest BCUT2D eigenvalue weighted by atomic mass is 10.1. The van der Waals surface area contributed by atoms with Gasteiger partial charge in [0, 0.05) is 6.54 Å². The first kappa shape index (κ1) is 23.8. The maximum Gasteiger partial charge on any atom is 0.408 e. The third-order valence-electron chi connectivity index (χ3n) is 3.41. The molecule has 0 heterocycles. The largest absolute Gasteiger partial charge is 0.449 e. The fraction of sp³-hybridized carbons (Fsp3) is 0.500. The average Bonchev–Trinajstić information content (AvgIpc) is 2.66. The SMILES string of the molecule is CC(C)(C)OC(=O)NC(CCCNC(=O)OCc1ccccc1)C(=O)OCC#N. The minimum atomic E-state index is -1.000. The zero-order valence-electron chi connectivity index (χ0n) is 16.9. The Balaban J connectivity index is 2.41. The second kappa shape index (κ2) is 12.2. The third kappa shape index (κ3) is 11.2. The molecule has 1 atom stereocenters. The molecular weight excluding hydrogens is 378 g/mol. The Hall–Kier alpha value is -3.28. The summed E-state index contributed by atoms with van der Waals surface area (Å²) in [5.74, 6) is -0.746. The Bertz CT molecular complexity index is 709. The summed E-state index contributed by atoms with van der Waals surface area (Å²) in [5, 5.41) is 13.5. The van der Waals surface area contributed by atoms with Crippen molar-refractivity contribution >= 4 is 18.2 Å². The van der Waals surface area contributed by atoms with Gasteiger partial charge in [0.25, 0.3) is 0 Å². The number of hydrogen-bond acceptors (Lipinski definition) is 7. The first-order valence-electron chi connectivity index (χ1n) is 9.19. The van der Waals surface area contributed by atoms with Gasteiger partial charge < -0.3 is 24.8 Å². The molecule has 0 aliphatic heterocycles. The number of ether oxygens (including phenoxy) is 3. The van der Waals surface area contributed by atoms with Crippen molar-refractivity contribution in [1.82, 2.24) is 10.6 Å². The Morgan fingerprint density at radius 1 is 1.10 bits per heavy atom. The van der Waals surface area contributed by atoms with Crippen LogP contribution >= 0.6 is 0 Å².